The third-order valence-electron chi connectivity index (χ3n) is 8.72. The number of fused-ring (bicyclic) bond motifs is 2. The Bertz CT molecular complexity index is 1640. The van der Waals surface area contributed by atoms with E-state index in [1.165, 1.54) is 17.5 Å². The van der Waals surface area contributed by atoms with E-state index in [-0.39, 0.29) is 16.6 Å². The summed E-state index contributed by atoms with van der Waals surface area (Å²) in [6, 6.07) is 8.91. The molecule has 4 aromatic rings. The molecule has 9 nitrogen and oxygen atoms in total. The van der Waals surface area contributed by atoms with E-state index in [0.717, 1.165) is 94.0 Å². The van der Waals surface area contributed by atoms with Gasteiger partial charge in [0, 0.05) is 80.7 Å². The first-order valence-corrected chi connectivity index (χ1v) is 15.5. The zero-order chi connectivity index (χ0) is 30.1. The molecule has 2 aliphatic heterocycles. The standard InChI is InChI=1S/C30H36F3N9S/c1-19-20(2-3-24-23(19)14-22(16-34)42(24)13-12-40-10-6-36-7-11-40)17-41-8-4-21(5-9-41)39-28-26-27(35)25(15-30(31,32)33)43-29(26)38-18-37-28/h2-3,14,18,21,36H,4-13,15,17,35H2,1H3,(H,37,38,39). The van der Waals surface area contributed by atoms with Gasteiger partial charge < -0.3 is 20.9 Å². The molecule has 43 heavy (non-hydrogen) atoms. The molecule has 0 bridgehead atoms. The van der Waals surface area contributed by atoms with E-state index in [0.29, 0.717) is 21.7 Å². The second kappa shape index (κ2) is 12.3. The van der Waals surface area contributed by atoms with Crippen molar-refractivity contribution in [1.82, 2.24) is 29.7 Å². The fourth-order valence-corrected chi connectivity index (χ4v) is 7.39. The Hall–Kier alpha value is -3.44. The summed E-state index contributed by atoms with van der Waals surface area (Å²) in [6.07, 6.45) is -2.29. The molecule has 228 valence electrons. The highest BCUT2D eigenvalue weighted by Crippen LogP contribution is 2.39. The number of piperidine rings is 1. The molecule has 1 aromatic carbocycles. The Balaban J connectivity index is 1.10. The first-order chi connectivity index (χ1) is 20.7. The number of anilines is 2. The molecule has 0 atom stereocenters. The van der Waals surface area contributed by atoms with E-state index in [4.69, 9.17) is 5.73 Å². The van der Waals surface area contributed by atoms with Gasteiger partial charge in [0.25, 0.3) is 0 Å². The lowest BCUT2D eigenvalue weighted by molar-refractivity contribution is -0.126. The number of nitrogens with two attached hydrogens (primary N) is 1. The number of likely N-dealkylation sites (tertiary alicyclic amines) is 1. The molecule has 4 N–H and O–H groups in total. The van der Waals surface area contributed by atoms with E-state index in [9.17, 15) is 18.4 Å². The van der Waals surface area contributed by atoms with Crippen molar-refractivity contribution in [3.8, 4) is 6.07 Å². The number of rotatable bonds is 8. The number of benzene rings is 1. The highest BCUT2D eigenvalue weighted by molar-refractivity contribution is 7.19. The normalized spacial score (nSPS) is 17.6. The molecule has 6 rings (SSSR count). The molecule has 2 fully saturated rings. The van der Waals surface area contributed by atoms with E-state index in [1.54, 1.807) is 0 Å². The first-order valence-electron chi connectivity index (χ1n) is 14.7. The molecule has 0 amide bonds. The fourth-order valence-electron chi connectivity index (χ4n) is 6.30. The molecule has 13 heteroatoms. The number of nitrogens with zero attached hydrogens (tertiary/aromatic N) is 6. The smallest absolute Gasteiger partial charge is 0.393 e. The van der Waals surface area contributed by atoms with Crippen LogP contribution in [0.3, 0.4) is 0 Å². The van der Waals surface area contributed by atoms with Crippen LogP contribution >= 0.6 is 11.3 Å². The molecule has 0 unspecified atom stereocenters. The van der Waals surface area contributed by atoms with Crippen molar-refractivity contribution in [2.24, 2.45) is 0 Å². The predicted octanol–water partition coefficient (Wildman–Crippen LogP) is 4.49. The largest absolute Gasteiger partial charge is 0.397 e. The molecule has 0 saturated carbocycles. The van der Waals surface area contributed by atoms with Crippen LogP contribution in [0.15, 0.2) is 24.5 Å². The molecular formula is C30H36F3N9S. The maximum absolute atomic E-state index is 13.0. The van der Waals surface area contributed by atoms with E-state index in [1.807, 2.05) is 6.07 Å². The number of halogens is 3. The van der Waals surface area contributed by atoms with Gasteiger partial charge in [-0.3, -0.25) is 9.80 Å². The summed E-state index contributed by atoms with van der Waals surface area (Å²) in [5.74, 6) is 0.502. The van der Waals surface area contributed by atoms with Crippen LogP contribution in [0.1, 0.15) is 34.5 Å². The van der Waals surface area contributed by atoms with Crippen LogP contribution in [0.2, 0.25) is 0 Å². The van der Waals surface area contributed by atoms with Gasteiger partial charge in [-0.15, -0.1) is 11.3 Å². The van der Waals surface area contributed by atoms with Crippen molar-refractivity contribution in [2.75, 3.05) is 56.9 Å². The van der Waals surface area contributed by atoms with E-state index in [2.05, 4.69) is 60.1 Å². The van der Waals surface area contributed by atoms with Gasteiger partial charge in [0.15, 0.2) is 0 Å². The number of thiophene rings is 1. The second-order valence-corrected chi connectivity index (χ2v) is 12.6. The van der Waals surface area contributed by atoms with Gasteiger partial charge in [0.1, 0.15) is 28.7 Å². The number of aryl methyl sites for hydroxylation is 1. The summed E-state index contributed by atoms with van der Waals surface area (Å²) < 4.78 is 41.2. The topological polar surface area (TPSA) is 111 Å². The summed E-state index contributed by atoms with van der Waals surface area (Å²) in [4.78, 5) is 13.9. The SMILES string of the molecule is Cc1c(CN2CCC(Nc3ncnc4sc(CC(F)(F)F)c(N)c34)CC2)ccc2c1cc(C#N)n2CCN1CCNCC1. The number of alkyl halides is 3. The zero-order valence-electron chi connectivity index (χ0n) is 24.2. The molecular weight excluding hydrogens is 575 g/mol. The highest BCUT2D eigenvalue weighted by Gasteiger charge is 2.31. The van der Waals surface area contributed by atoms with E-state index >= 15 is 0 Å². The first kappa shape index (κ1) is 29.6. The van der Waals surface area contributed by atoms with Crippen LogP contribution in [0.5, 0.6) is 0 Å². The van der Waals surface area contributed by atoms with Crippen molar-refractivity contribution in [3.05, 3.63) is 46.2 Å². The molecule has 0 spiro atoms. The van der Waals surface area contributed by atoms with Gasteiger partial charge in [-0.1, -0.05) is 6.07 Å². The zero-order valence-corrected chi connectivity index (χ0v) is 25.0. The Morgan fingerprint density at radius 1 is 1.12 bits per heavy atom. The van der Waals surface area contributed by atoms with Crippen LogP contribution in [-0.2, 0) is 19.5 Å². The fraction of sp³-hybridized carbons (Fsp3) is 0.500. The Labute approximate surface area is 252 Å². The van der Waals surface area contributed by atoms with Crippen LogP contribution in [-0.4, -0.2) is 82.4 Å². The highest BCUT2D eigenvalue weighted by atomic mass is 32.1. The molecule has 2 saturated heterocycles. The van der Waals surface area contributed by atoms with Gasteiger partial charge in [-0.25, -0.2) is 9.97 Å². The number of hydrogen-bond acceptors (Lipinski definition) is 9. The van der Waals surface area contributed by atoms with Crippen molar-refractivity contribution in [1.29, 1.82) is 5.26 Å². The Morgan fingerprint density at radius 2 is 1.88 bits per heavy atom. The number of hydrogen-bond donors (Lipinski definition) is 3. The molecule has 2 aliphatic rings. The van der Waals surface area contributed by atoms with Crippen LogP contribution in [0, 0.1) is 18.3 Å². The van der Waals surface area contributed by atoms with Crippen LogP contribution < -0.4 is 16.4 Å². The molecule has 0 radical (unpaired) electrons. The van der Waals surface area contributed by atoms with Gasteiger partial charge in [-0.05, 0) is 43.0 Å². The van der Waals surface area contributed by atoms with E-state index < -0.39 is 12.6 Å². The quantitative estimate of drug-likeness (QED) is 0.267. The Kier molecular flexibility index (Phi) is 8.46. The third-order valence-corrected chi connectivity index (χ3v) is 9.83. The van der Waals surface area contributed by atoms with Gasteiger partial charge in [0.2, 0.25) is 0 Å². The third kappa shape index (κ3) is 6.43. The maximum atomic E-state index is 13.0. The van der Waals surface area contributed by atoms with Crippen molar-refractivity contribution in [2.45, 2.75) is 51.5 Å². The average Bonchev–Trinajstić information content (AvgIpc) is 3.51. The number of piperazine rings is 1. The van der Waals surface area contributed by atoms with Gasteiger partial charge >= 0.3 is 6.18 Å². The lowest BCUT2D eigenvalue weighted by atomic mass is 10.0. The summed E-state index contributed by atoms with van der Waals surface area (Å²) in [7, 11) is 0. The van der Waals surface area contributed by atoms with Crippen LogP contribution in [0.25, 0.3) is 21.1 Å². The number of nitriles is 1. The van der Waals surface area contributed by atoms with Crippen molar-refractivity contribution >= 4 is 44.0 Å². The predicted molar refractivity (Wildman–Crippen MR) is 164 cm³/mol. The van der Waals surface area contributed by atoms with Crippen LogP contribution in [0.4, 0.5) is 24.7 Å². The van der Waals surface area contributed by atoms with Crippen molar-refractivity contribution < 1.29 is 13.2 Å². The maximum Gasteiger partial charge on any atom is 0.393 e. The molecule has 5 heterocycles. The summed E-state index contributed by atoms with van der Waals surface area (Å²) in [5.41, 5.74) is 10.5. The average molecular weight is 612 g/mol. The minimum absolute atomic E-state index is 0.0741. The number of nitrogens with one attached hydrogen (secondary N) is 2. The second-order valence-electron chi connectivity index (χ2n) is 11.5. The molecule has 3 aromatic heterocycles. The number of aromatic nitrogens is 3. The minimum Gasteiger partial charge on any atom is -0.397 e. The lowest BCUT2D eigenvalue weighted by Gasteiger charge is -2.33. The summed E-state index contributed by atoms with van der Waals surface area (Å²) >= 11 is 0.975. The summed E-state index contributed by atoms with van der Waals surface area (Å²) in [6.45, 7) is 10.5. The van der Waals surface area contributed by atoms with Gasteiger partial charge in [0.05, 0.1) is 17.5 Å². The monoisotopic (exact) mass is 611 g/mol. The molecule has 0 aliphatic carbocycles. The minimum atomic E-state index is -4.33. The van der Waals surface area contributed by atoms with Gasteiger partial charge in [-0.2, -0.15) is 18.4 Å². The lowest BCUT2D eigenvalue weighted by Crippen LogP contribution is -2.44. The van der Waals surface area contributed by atoms with Crippen molar-refractivity contribution in [3.63, 3.8) is 0 Å². The Morgan fingerprint density at radius 3 is 2.60 bits per heavy atom. The number of nitrogen functional groups attached to an aromatic ring is 1. The summed E-state index contributed by atoms with van der Waals surface area (Å²) in [5, 5.41) is 18.3.